The zero-order valence-corrected chi connectivity index (χ0v) is 10.6. The predicted octanol–water partition coefficient (Wildman–Crippen LogP) is 4.01. The van der Waals surface area contributed by atoms with Gasteiger partial charge in [-0.3, -0.25) is 0 Å². The van der Waals surface area contributed by atoms with Crippen molar-refractivity contribution in [3.05, 3.63) is 47.1 Å². The zero-order valence-electron chi connectivity index (χ0n) is 9.86. The highest BCUT2D eigenvalue weighted by molar-refractivity contribution is 6.30. The van der Waals surface area contributed by atoms with Gasteiger partial charge in [0, 0.05) is 0 Å². The molecular formula is C13H12ClFN2O. The van der Waals surface area contributed by atoms with E-state index in [1.54, 1.807) is 12.1 Å². The van der Waals surface area contributed by atoms with Crippen LogP contribution in [0.2, 0.25) is 5.15 Å². The lowest BCUT2D eigenvalue weighted by Crippen LogP contribution is -1.97. The second-order valence-corrected chi connectivity index (χ2v) is 4.11. The molecule has 1 heterocycles. The van der Waals surface area contributed by atoms with E-state index in [9.17, 15) is 4.39 Å². The monoisotopic (exact) mass is 266 g/mol. The first-order valence-electron chi connectivity index (χ1n) is 5.63. The number of aromatic nitrogens is 2. The lowest BCUT2D eigenvalue weighted by atomic mass is 10.2. The van der Waals surface area contributed by atoms with Gasteiger partial charge in [-0.15, -0.1) is 0 Å². The van der Waals surface area contributed by atoms with Crippen molar-refractivity contribution in [2.24, 2.45) is 0 Å². The van der Waals surface area contributed by atoms with E-state index in [0.29, 0.717) is 16.8 Å². The van der Waals surface area contributed by atoms with E-state index in [0.717, 1.165) is 18.4 Å². The van der Waals surface area contributed by atoms with Crippen LogP contribution >= 0.6 is 11.6 Å². The third-order valence-corrected chi connectivity index (χ3v) is 2.71. The summed E-state index contributed by atoms with van der Waals surface area (Å²) in [5, 5.41) is 0.393. The van der Waals surface area contributed by atoms with Gasteiger partial charge in [0.05, 0.1) is 5.56 Å². The van der Waals surface area contributed by atoms with Crippen LogP contribution < -0.4 is 4.74 Å². The van der Waals surface area contributed by atoms with Gasteiger partial charge in [0.2, 0.25) is 5.88 Å². The van der Waals surface area contributed by atoms with Crippen molar-refractivity contribution in [3.63, 3.8) is 0 Å². The van der Waals surface area contributed by atoms with E-state index in [1.807, 2.05) is 6.92 Å². The Labute approximate surface area is 110 Å². The molecule has 0 aliphatic heterocycles. The molecular weight excluding hydrogens is 255 g/mol. The molecule has 94 valence electrons. The Balaban J connectivity index is 2.28. The molecule has 2 aromatic rings. The van der Waals surface area contributed by atoms with Gasteiger partial charge in [0.15, 0.2) is 0 Å². The Morgan fingerprint density at radius 1 is 1.22 bits per heavy atom. The molecule has 0 spiro atoms. The summed E-state index contributed by atoms with van der Waals surface area (Å²) in [6.07, 6.45) is 2.99. The normalized spacial score (nSPS) is 10.4. The second-order valence-electron chi connectivity index (χ2n) is 3.75. The van der Waals surface area contributed by atoms with Gasteiger partial charge >= 0.3 is 0 Å². The first kappa shape index (κ1) is 12.8. The molecule has 0 N–H and O–H groups in total. The van der Waals surface area contributed by atoms with Crippen LogP contribution in [0.4, 0.5) is 4.39 Å². The zero-order chi connectivity index (χ0) is 13.0. The fraction of sp³-hybridized carbons (Fsp3) is 0.231. The van der Waals surface area contributed by atoms with Crippen molar-refractivity contribution in [1.29, 1.82) is 0 Å². The summed E-state index contributed by atoms with van der Waals surface area (Å²) in [5.41, 5.74) is 0.769. The van der Waals surface area contributed by atoms with E-state index >= 15 is 0 Å². The minimum absolute atomic E-state index is 0.308. The molecule has 0 saturated heterocycles. The molecule has 5 heteroatoms. The maximum absolute atomic E-state index is 12.8. The Morgan fingerprint density at radius 3 is 2.61 bits per heavy atom. The van der Waals surface area contributed by atoms with Crippen LogP contribution in [-0.4, -0.2) is 9.97 Å². The summed E-state index contributed by atoms with van der Waals surface area (Å²) < 4.78 is 18.4. The summed E-state index contributed by atoms with van der Waals surface area (Å²) in [5.74, 6) is 0.629. The summed E-state index contributed by atoms with van der Waals surface area (Å²) in [4.78, 5) is 7.99. The molecule has 0 atom stereocenters. The third kappa shape index (κ3) is 2.96. The predicted molar refractivity (Wildman–Crippen MR) is 67.5 cm³/mol. The molecule has 0 bridgehead atoms. The Bertz CT molecular complexity index is 531. The molecule has 0 fully saturated rings. The molecule has 1 aromatic heterocycles. The molecule has 2 rings (SSSR count). The van der Waals surface area contributed by atoms with Crippen LogP contribution in [-0.2, 0) is 6.42 Å². The van der Waals surface area contributed by atoms with Crippen molar-refractivity contribution < 1.29 is 9.13 Å². The molecule has 0 radical (unpaired) electrons. The van der Waals surface area contributed by atoms with Gasteiger partial charge in [0.1, 0.15) is 23.0 Å². The average Bonchev–Trinajstić information content (AvgIpc) is 2.36. The number of halogens is 2. The van der Waals surface area contributed by atoms with Gasteiger partial charge in [-0.25, -0.2) is 14.4 Å². The number of hydrogen-bond donors (Lipinski definition) is 0. The largest absolute Gasteiger partial charge is 0.439 e. The number of ether oxygens (including phenoxy) is 1. The smallest absolute Gasteiger partial charge is 0.226 e. The van der Waals surface area contributed by atoms with E-state index in [1.165, 1.54) is 18.5 Å². The standard InChI is InChI=1S/C13H12ClFN2O/c1-2-3-11-12(14)16-8-17-13(11)18-10-6-4-9(15)5-7-10/h4-8H,2-3H2,1H3. The second kappa shape index (κ2) is 5.78. The van der Waals surface area contributed by atoms with E-state index in [-0.39, 0.29) is 5.82 Å². The van der Waals surface area contributed by atoms with Crippen molar-refractivity contribution >= 4 is 11.6 Å². The van der Waals surface area contributed by atoms with Crippen molar-refractivity contribution in [3.8, 4) is 11.6 Å². The first-order chi connectivity index (χ1) is 8.70. The van der Waals surface area contributed by atoms with Gasteiger partial charge < -0.3 is 4.74 Å². The summed E-state index contributed by atoms with van der Waals surface area (Å²) in [7, 11) is 0. The van der Waals surface area contributed by atoms with Crippen molar-refractivity contribution in [2.75, 3.05) is 0 Å². The SMILES string of the molecule is CCCc1c(Cl)ncnc1Oc1ccc(F)cc1. The minimum atomic E-state index is -0.308. The van der Waals surface area contributed by atoms with E-state index < -0.39 is 0 Å². The molecule has 1 aromatic carbocycles. The van der Waals surface area contributed by atoms with E-state index in [2.05, 4.69) is 9.97 Å². The quantitative estimate of drug-likeness (QED) is 0.784. The Kier molecular flexibility index (Phi) is 4.10. The Morgan fingerprint density at radius 2 is 1.94 bits per heavy atom. The number of rotatable bonds is 4. The fourth-order valence-corrected chi connectivity index (χ4v) is 1.76. The highest BCUT2D eigenvalue weighted by atomic mass is 35.5. The van der Waals surface area contributed by atoms with Crippen molar-refractivity contribution in [2.45, 2.75) is 19.8 Å². The molecule has 0 saturated carbocycles. The number of hydrogen-bond acceptors (Lipinski definition) is 3. The Hall–Kier alpha value is -1.68. The maximum Gasteiger partial charge on any atom is 0.226 e. The molecule has 3 nitrogen and oxygen atoms in total. The molecule has 0 aliphatic rings. The average molecular weight is 267 g/mol. The molecule has 18 heavy (non-hydrogen) atoms. The van der Waals surface area contributed by atoms with Gasteiger partial charge in [-0.05, 0) is 30.7 Å². The van der Waals surface area contributed by atoms with Gasteiger partial charge in [-0.1, -0.05) is 24.9 Å². The van der Waals surface area contributed by atoms with Crippen LogP contribution in [0.3, 0.4) is 0 Å². The highest BCUT2D eigenvalue weighted by Gasteiger charge is 2.11. The van der Waals surface area contributed by atoms with Crippen LogP contribution in [0.5, 0.6) is 11.6 Å². The first-order valence-corrected chi connectivity index (χ1v) is 6.01. The topological polar surface area (TPSA) is 35.0 Å². The number of nitrogens with zero attached hydrogens (tertiary/aromatic N) is 2. The van der Waals surface area contributed by atoms with Crippen LogP contribution in [0.25, 0.3) is 0 Å². The summed E-state index contributed by atoms with van der Waals surface area (Å²) in [6, 6.07) is 5.75. The maximum atomic E-state index is 12.8. The lowest BCUT2D eigenvalue weighted by Gasteiger charge is -2.09. The molecule has 0 amide bonds. The molecule has 0 unspecified atom stereocenters. The van der Waals surface area contributed by atoms with Gasteiger partial charge in [0.25, 0.3) is 0 Å². The molecule has 0 aliphatic carbocycles. The van der Waals surface area contributed by atoms with Crippen LogP contribution in [0.15, 0.2) is 30.6 Å². The lowest BCUT2D eigenvalue weighted by molar-refractivity contribution is 0.452. The summed E-state index contributed by atoms with van der Waals surface area (Å²) >= 11 is 6.01. The fourth-order valence-electron chi connectivity index (χ4n) is 1.54. The van der Waals surface area contributed by atoms with Crippen LogP contribution in [0, 0.1) is 5.82 Å². The number of benzene rings is 1. The van der Waals surface area contributed by atoms with E-state index in [4.69, 9.17) is 16.3 Å². The third-order valence-electron chi connectivity index (χ3n) is 2.38. The highest BCUT2D eigenvalue weighted by Crippen LogP contribution is 2.27. The summed E-state index contributed by atoms with van der Waals surface area (Å²) in [6.45, 7) is 2.03. The van der Waals surface area contributed by atoms with Gasteiger partial charge in [-0.2, -0.15) is 0 Å². The minimum Gasteiger partial charge on any atom is -0.439 e. The van der Waals surface area contributed by atoms with Crippen LogP contribution in [0.1, 0.15) is 18.9 Å². The van der Waals surface area contributed by atoms with Crippen molar-refractivity contribution in [1.82, 2.24) is 9.97 Å².